The van der Waals surface area contributed by atoms with E-state index in [4.69, 9.17) is 4.74 Å². The van der Waals surface area contributed by atoms with Crippen LogP contribution >= 0.6 is 0 Å². The van der Waals surface area contributed by atoms with Crippen molar-refractivity contribution in [2.24, 2.45) is 13.0 Å². The van der Waals surface area contributed by atoms with Crippen molar-refractivity contribution in [1.82, 2.24) is 25.0 Å². The van der Waals surface area contributed by atoms with E-state index in [0.717, 1.165) is 51.6 Å². The highest BCUT2D eigenvalue weighted by molar-refractivity contribution is 5.75. The molecule has 3 heterocycles. The average Bonchev–Trinajstić information content (AvgIpc) is 2.99. The molecule has 3 fully saturated rings. The van der Waals surface area contributed by atoms with Gasteiger partial charge in [-0.05, 0) is 19.3 Å². The Labute approximate surface area is 135 Å². The molecular weight excluding hydrogens is 296 g/mol. The zero-order chi connectivity index (χ0) is 15.8. The zero-order valence-corrected chi connectivity index (χ0v) is 13.5. The molecule has 0 radical (unpaired) electrons. The van der Waals surface area contributed by atoms with E-state index >= 15 is 0 Å². The molecule has 1 aromatic heterocycles. The number of hydrogen-bond acceptors (Lipinski definition) is 5. The van der Waals surface area contributed by atoms with Crippen LogP contribution in [-0.2, 0) is 11.8 Å². The third-order valence-corrected chi connectivity index (χ3v) is 5.34. The Hall–Kier alpha value is -1.83. The molecule has 3 unspecified atom stereocenters. The highest BCUT2D eigenvalue weighted by Gasteiger charge is 2.44. The van der Waals surface area contributed by atoms with Gasteiger partial charge in [-0.2, -0.15) is 0 Å². The van der Waals surface area contributed by atoms with Crippen LogP contribution in [0.2, 0.25) is 0 Å². The lowest BCUT2D eigenvalue weighted by Gasteiger charge is -2.48. The van der Waals surface area contributed by atoms with Gasteiger partial charge in [0.15, 0.2) is 0 Å². The Morgan fingerprint density at radius 2 is 2.17 bits per heavy atom. The molecule has 8 nitrogen and oxygen atoms in total. The van der Waals surface area contributed by atoms with Gasteiger partial charge >= 0.3 is 6.03 Å². The van der Waals surface area contributed by atoms with E-state index in [9.17, 15) is 4.79 Å². The summed E-state index contributed by atoms with van der Waals surface area (Å²) in [6.07, 6.45) is 5.34. The minimum Gasteiger partial charge on any atom is -0.378 e. The van der Waals surface area contributed by atoms with Crippen LogP contribution in [0.15, 0.2) is 6.33 Å². The second-order valence-corrected chi connectivity index (χ2v) is 6.72. The van der Waals surface area contributed by atoms with Crippen molar-refractivity contribution in [2.75, 3.05) is 37.7 Å². The molecule has 3 aliphatic rings. The third kappa shape index (κ3) is 2.75. The Kier molecular flexibility index (Phi) is 3.84. The Morgan fingerprint density at radius 1 is 1.35 bits per heavy atom. The number of hydrogen-bond donors (Lipinski definition) is 1. The summed E-state index contributed by atoms with van der Waals surface area (Å²) >= 11 is 0. The van der Waals surface area contributed by atoms with Crippen LogP contribution in [0.5, 0.6) is 0 Å². The normalized spacial score (nSPS) is 30.6. The monoisotopic (exact) mass is 320 g/mol. The van der Waals surface area contributed by atoms with Gasteiger partial charge in [-0.15, -0.1) is 10.2 Å². The standard InChI is InChI=1S/C15H24N6O2/c1-19-10-16-18-14(19)20-4-6-21(7-5-20)15(22)17-12-9-13-11(12)3-2-8-23-13/h10-13H,2-9H2,1H3,(H,17,22). The molecule has 1 aromatic rings. The summed E-state index contributed by atoms with van der Waals surface area (Å²) in [6, 6.07) is 0.362. The summed E-state index contributed by atoms with van der Waals surface area (Å²) < 4.78 is 7.62. The fourth-order valence-electron chi connectivity index (χ4n) is 3.88. The summed E-state index contributed by atoms with van der Waals surface area (Å²) in [5.74, 6) is 1.39. The van der Waals surface area contributed by atoms with E-state index in [-0.39, 0.29) is 6.03 Å². The number of ether oxygens (including phenoxy) is 1. The zero-order valence-electron chi connectivity index (χ0n) is 13.5. The SMILES string of the molecule is Cn1cnnc1N1CCN(C(=O)NC2CC3OCCCC23)CC1. The van der Waals surface area contributed by atoms with Crippen molar-refractivity contribution in [3.8, 4) is 0 Å². The van der Waals surface area contributed by atoms with Crippen molar-refractivity contribution in [3.05, 3.63) is 6.33 Å². The van der Waals surface area contributed by atoms with Crippen LogP contribution in [0, 0.1) is 5.92 Å². The van der Waals surface area contributed by atoms with Gasteiger partial charge in [-0.25, -0.2) is 4.79 Å². The average molecular weight is 320 g/mol. The van der Waals surface area contributed by atoms with Crippen molar-refractivity contribution in [2.45, 2.75) is 31.4 Å². The van der Waals surface area contributed by atoms with Gasteiger partial charge in [0.25, 0.3) is 0 Å². The lowest BCUT2D eigenvalue weighted by molar-refractivity contribution is -0.101. The minimum atomic E-state index is 0.0663. The number of aromatic nitrogens is 3. The van der Waals surface area contributed by atoms with Crippen LogP contribution < -0.4 is 10.2 Å². The number of piperazine rings is 1. The molecule has 2 amide bonds. The van der Waals surface area contributed by atoms with Gasteiger partial charge in [0.2, 0.25) is 5.95 Å². The predicted octanol–water partition coefficient (Wildman–Crippen LogP) is 0.214. The number of rotatable bonds is 2. The second-order valence-electron chi connectivity index (χ2n) is 6.72. The molecule has 0 aromatic carbocycles. The molecule has 0 spiro atoms. The molecule has 8 heteroatoms. The summed E-state index contributed by atoms with van der Waals surface area (Å²) in [7, 11) is 1.94. The van der Waals surface area contributed by atoms with Crippen LogP contribution in [-0.4, -0.2) is 70.6 Å². The van der Waals surface area contributed by atoms with Crippen molar-refractivity contribution in [3.63, 3.8) is 0 Å². The second kappa shape index (κ2) is 5.99. The lowest BCUT2D eigenvalue weighted by atomic mass is 9.72. The molecule has 2 aliphatic heterocycles. The van der Waals surface area contributed by atoms with Gasteiger partial charge in [-0.3, -0.25) is 0 Å². The molecule has 1 aliphatic carbocycles. The molecule has 2 saturated heterocycles. The number of nitrogens with zero attached hydrogens (tertiary/aromatic N) is 5. The summed E-state index contributed by atoms with van der Waals surface area (Å²) in [6.45, 7) is 3.90. The van der Waals surface area contributed by atoms with Crippen LogP contribution in [0.25, 0.3) is 0 Å². The van der Waals surface area contributed by atoms with E-state index in [0.29, 0.717) is 18.1 Å². The van der Waals surface area contributed by atoms with Gasteiger partial charge in [0.1, 0.15) is 6.33 Å². The number of urea groups is 1. The smallest absolute Gasteiger partial charge is 0.317 e. The number of amides is 2. The summed E-state index contributed by atoms with van der Waals surface area (Å²) in [5, 5.41) is 11.2. The van der Waals surface area contributed by atoms with Gasteiger partial charge in [0.05, 0.1) is 6.10 Å². The minimum absolute atomic E-state index is 0.0663. The Balaban J connectivity index is 1.27. The first-order valence-electron chi connectivity index (χ1n) is 8.48. The number of anilines is 1. The van der Waals surface area contributed by atoms with Gasteiger partial charge in [0, 0.05) is 51.8 Å². The lowest BCUT2D eigenvalue weighted by Crippen LogP contribution is -2.61. The van der Waals surface area contributed by atoms with Crippen LogP contribution in [0.3, 0.4) is 0 Å². The van der Waals surface area contributed by atoms with Crippen molar-refractivity contribution >= 4 is 12.0 Å². The molecule has 126 valence electrons. The molecule has 23 heavy (non-hydrogen) atoms. The molecule has 4 rings (SSSR count). The molecule has 1 saturated carbocycles. The quantitative estimate of drug-likeness (QED) is 0.843. The van der Waals surface area contributed by atoms with E-state index < -0.39 is 0 Å². The van der Waals surface area contributed by atoms with Crippen LogP contribution in [0.1, 0.15) is 19.3 Å². The Bertz CT molecular complexity index is 568. The maximum Gasteiger partial charge on any atom is 0.317 e. The number of aryl methyl sites for hydroxylation is 1. The molecular formula is C15H24N6O2. The third-order valence-electron chi connectivity index (χ3n) is 5.34. The molecule has 3 atom stereocenters. The first-order chi connectivity index (χ1) is 11.2. The Morgan fingerprint density at radius 3 is 2.87 bits per heavy atom. The number of carbonyl (C=O) groups excluding carboxylic acids is 1. The van der Waals surface area contributed by atoms with E-state index in [2.05, 4.69) is 20.4 Å². The maximum atomic E-state index is 12.5. The molecule has 1 N–H and O–H groups in total. The van der Waals surface area contributed by atoms with Crippen molar-refractivity contribution < 1.29 is 9.53 Å². The van der Waals surface area contributed by atoms with E-state index in [1.807, 2.05) is 16.5 Å². The maximum absolute atomic E-state index is 12.5. The van der Waals surface area contributed by atoms with Crippen molar-refractivity contribution in [1.29, 1.82) is 0 Å². The number of fused-ring (bicyclic) bond motifs is 1. The topological polar surface area (TPSA) is 75.5 Å². The number of nitrogens with one attached hydrogen (secondary N) is 1. The first-order valence-corrected chi connectivity index (χ1v) is 8.48. The first kappa shape index (κ1) is 14.7. The summed E-state index contributed by atoms with van der Waals surface area (Å²) in [5.41, 5.74) is 0. The molecule has 0 bridgehead atoms. The van der Waals surface area contributed by atoms with Gasteiger partial charge in [-0.1, -0.05) is 0 Å². The predicted molar refractivity (Wildman–Crippen MR) is 84.2 cm³/mol. The highest BCUT2D eigenvalue weighted by atomic mass is 16.5. The van der Waals surface area contributed by atoms with Gasteiger partial charge < -0.3 is 24.4 Å². The fourth-order valence-corrected chi connectivity index (χ4v) is 3.88. The number of carbonyl (C=O) groups is 1. The highest BCUT2D eigenvalue weighted by Crippen LogP contribution is 2.37. The van der Waals surface area contributed by atoms with Crippen LogP contribution in [0.4, 0.5) is 10.7 Å². The largest absolute Gasteiger partial charge is 0.378 e. The fraction of sp³-hybridized carbons (Fsp3) is 0.800. The van der Waals surface area contributed by atoms with E-state index in [1.54, 1.807) is 6.33 Å². The summed E-state index contributed by atoms with van der Waals surface area (Å²) in [4.78, 5) is 16.5. The van der Waals surface area contributed by atoms with E-state index in [1.165, 1.54) is 6.42 Å².